The summed E-state index contributed by atoms with van der Waals surface area (Å²) in [7, 11) is 1.50. The lowest BCUT2D eigenvalue weighted by atomic mass is 9.95. The van der Waals surface area contributed by atoms with E-state index >= 15 is 0 Å². The van der Waals surface area contributed by atoms with Crippen molar-refractivity contribution < 1.29 is 9.13 Å². The fourth-order valence-electron chi connectivity index (χ4n) is 2.72. The van der Waals surface area contributed by atoms with Crippen LogP contribution in [-0.2, 0) is 5.41 Å². The second kappa shape index (κ2) is 4.23. The Morgan fingerprint density at radius 1 is 1.44 bits per heavy atom. The fourth-order valence-corrected chi connectivity index (χ4v) is 2.72. The van der Waals surface area contributed by atoms with E-state index in [0.717, 1.165) is 24.6 Å². The van der Waals surface area contributed by atoms with Crippen LogP contribution in [0.5, 0.6) is 5.75 Å². The highest BCUT2D eigenvalue weighted by atomic mass is 19.1. The first-order valence-electron chi connectivity index (χ1n) is 6.71. The molecule has 0 aliphatic heterocycles. The zero-order chi connectivity index (χ0) is 12.8. The lowest BCUT2D eigenvalue weighted by Gasteiger charge is -2.13. The molecule has 2 aliphatic carbocycles. The summed E-state index contributed by atoms with van der Waals surface area (Å²) in [6.45, 7) is 3.29. The molecule has 18 heavy (non-hydrogen) atoms. The van der Waals surface area contributed by atoms with Crippen molar-refractivity contribution in [3.8, 4) is 5.75 Å². The highest BCUT2D eigenvalue weighted by Gasteiger charge is 2.51. The second-order valence-corrected chi connectivity index (χ2v) is 5.85. The average Bonchev–Trinajstić information content (AvgIpc) is 3.24. The molecule has 0 spiro atoms. The summed E-state index contributed by atoms with van der Waals surface area (Å²) in [5.74, 6) is 0.721. The molecule has 0 saturated heterocycles. The molecule has 2 fully saturated rings. The van der Waals surface area contributed by atoms with Crippen molar-refractivity contribution in [2.75, 3.05) is 13.7 Å². The Balaban J connectivity index is 1.68. The summed E-state index contributed by atoms with van der Waals surface area (Å²) >= 11 is 0. The zero-order valence-electron chi connectivity index (χ0n) is 11.0. The molecule has 1 aromatic carbocycles. The summed E-state index contributed by atoms with van der Waals surface area (Å²) in [4.78, 5) is 0. The van der Waals surface area contributed by atoms with E-state index in [4.69, 9.17) is 4.74 Å². The first-order valence-corrected chi connectivity index (χ1v) is 6.71. The Bertz CT molecular complexity index is 458. The molecule has 3 rings (SSSR count). The number of halogens is 1. The fraction of sp³-hybridized carbons (Fsp3) is 0.600. The number of methoxy groups -OCH3 is 1. The molecule has 2 nitrogen and oxygen atoms in total. The zero-order valence-corrected chi connectivity index (χ0v) is 11.0. The topological polar surface area (TPSA) is 21.3 Å². The summed E-state index contributed by atoms with van der Waals surface area (Å²) in [6.07, 6.45) is 3.79. The third kappa shape index (κ3) is 2.12. The predicted molar refractivity (Wildman–Crippen MR) is 69.4 cm³/mol. The molecule has 0 heterocycles. The van der Waals surface area contributed by atoms with E-state index in [1.165, 1.54) is 20.0 Å². The Morgan fingerprint density at radius 3 is 2.83 bits per heavy atom. The van der Waals surface area contributed by atoms with Gasteiger partial charge in [0, 0.05) is 6.04 Å². The summed E-state index contributed by atoms with van der Waals surface area (Å²) in [5, 5.41) is 3.56. The third-order valence-electron chi connectivity index (χ3n) is 4.45. The Kier molecular flexibility index (Phi) is 2.81. The molecule has 98 valence electrons. The van der Waals surface area contributed by atoms with Crippen LogP contribution in [-0.4, -0.2) is 19.7 Å². The number of hydrogen-bond donors (Lipinski definition) is 1. The van der Waals surface area contributed by atoms with Gasteiger partial charge in [0.1, 0.15) is 0 Å². The number of nitrogens with one attached hydrogen (secondary N) is 1. The van der Waals surface area contributed by atoms with E-state index in [-0.39, 0.29) is 11.2 Å². The van der Waals surface area contributed by atoms with Gasteiger partial charge in [-0.05, 0) is 54.8 Å². The van der Waals surface area contributed by atoms with Crippen LogP contribution >= 0.6 is 0 Å². The van der Waals surface area contributed by atoms with Crippen LogP contribution in [0.1, 0.15) is 31.7 Å². The Morgan fingerprint density at radius 2 is 2.22 bits per heavy atom. The largest absolute Gasteiger partial charge is 0.494 e. The molecule has 0 amide bonds. The quantitative estimate of drug-likeness (QED) is 0.866. The van der Waals surface area contributed by atoms with Gasteiger partial charge in [-0.3, -0.25) is 0 Å². The molecule has 2 aliphatic rings. The van der Waals surface area contributed by atoms with Crippen LogP contribution in [0.2, 0.25) is 0 Å². The van der Waals surface area contributed by atoms with E-state index in [1.807, 2.05) is 6.07 Å². The number of rotatable bonds is 5. The van der Waals surface area contributed by atoms with E-state index in [0.29, 0.717) is 11.7 Å². The van der Waals surface area contributed by atoms with Crippen molar-refractivity contribution in [1.82, 2.24) is 5.32 Å². The van der Waals surface area contributed by atoms with E-state index in [1.54, 1.807) is 12.1 Å². The maximum Gasteiger partial charge on any atom is 0.165 e. The van der Waals surface area contributed by atoms with Crippen LogP contribution in [0.3, 0.4) is 0 Å². The SMILES string of the molecule is COc1ccc(C2(C)CC2CNC2CC2)cc1F. The minimum atomic E-state index is -0.253. The van der Waals surface area contributed by atoms with Crippen LogP contribution in [0, 0.1) is 11.7 Å². The molecule has 2 saturated carbocycles. The van der Waals surface area contributed by atoms with Gasteiger partial charge in [-0.15, -0.1) is 0 Å². The Hall–Kier alpha value is -1.09. The van der Waals surface area contributed by atoms with E-state index in [2.05, 4.69) is 12.2 Å². The standard InChI is InChI=1S/C15H20FNO/c1-15(8-11(15)9-17-12-4-5-12)10-3-6-14(18-2)13(16)7-10/h3,6-7,11-12,17H,4-5,8-9H2,1-2H3. The minimum Gasteiger partial charge on any atom is -0.494 e. The van der Waals surface area contributed by atoms with Crippen molar-refractivity contribution in [3.05, 3.63) is 29.6 Å². The van der Waals surface area contributed by atoms with E-state index < -0.39 is 0 Å². The third-order valence-corrected chi connectivity index (χ3v) is 4.45. The van der Waals surface area contributed by atoms with Crippen molar-refractivity contribution in [2.45, 2.75) is 37.6 Å². The van der Waals surface area contributed by atoms with Crippen LogP contribution < -0.4 is 10.1 Å². The van der Waals surface area contributed by atoms with Gasteiger partial charge in [0.05, 0.1) is 7.11 Å². The van der Waals surface area contributed by atoms with Gasteiger partial charge in [0.2, 0.25) is 0 Å². The number of benzene rings is 1. The number of hydrogen-bond acceptors (Lipinski definition) is 2. The van der Waals surface area contributed by atoms with Crippen molar-refractivity contribution >= 4 is 0 Å². The highest BCUT2D eigenvalue weighted by Crippen LogP contribution is 2.54. The maximum absolute atomic E-state index is 13.7. The molecular weight excluding hydrogens is 229 g/mol. The molecule has 2 unspecified atom stereocenters. The van der Waals surface area contributed by atoms with Gasteiger partial charge < -0.3 is 10.1 Å². The predicted octanol–water partition coefficient (Wildman–Crippen LogP) is 2.86. The Labute approximate surface area is 108 Å². The van der Waals surface area contributed by atoms with Crippen molar-refractivity contribution in [3.63, 3.8) is 0 Å². The molecule has 0 bridgehead atoms. The highest BCUT2D eigenvalue weighted by molar-refractivity contribution is 5.38. The number of ether oxygens (including phenoxy) is 1. The average molecular weight is 249 g/mol. The summed E-state index contributed by atoms with van der Waals surface area (Å²) in [5.41, 5.74) is 1.25. The van der Waals surface area contributed by atoms with Crippen molar-refractivity contribution in [1.29, 1.82) is 0 Å². The van der Waals surface area contributed by atoms with Crippen molar-refractivity contribution in [2.24, 2.45) is 5.92 Å². The van der Waals surface area contributed by atoms with Crippen LogP contribution in [0.15, 0.2) is 18.2 Å². The summed E-state index contributed by atoms with van der Waals surface area (Å²) in [6, 6.07) is 6.12. The first-order chi connectivity index (χ1) is 8.63. The lowest BCUT2D eigenvalue weighted by molar-refractivity contribution is 0.385. The molecule has 2 atom stereocenters. The smallest absolute Gasteiger partial charge is 0.165 e. The minimum absolute atomic E-state index is 0.148. The van der Waals surface area contributed by atoms with Gasteiger partial charge >= 0.3 is 0 Å². The summed E-state index contributed by atoms with van der Waals surface area (Å²) < 4.78 is 18.7. The van der Waals surface area contributed by atoms with Gasteiger partial charge in [0.15, 0.2) is 11.6 Å². The molecule has 0 aromatic heterocycles. The van der Waals surface area contributed by atoms with E-state index in [9.17, 15) is 4.39 Å². The first kappa shape index (κ1) is 12.0. The van der Waals surface area contributed by atoms with Gasteiger partial charge in [-0.1, -0.05) is 13.0 Å². The molecule has 3 heteroatoms. The normalized spacial score (nSPS) is 30.3. The molecule has 0 radical (unpaired) electrons. The maximum atomic E-state index is 13.7. The lowest BCUT2D eigenvalue weighted by Crippen LogP contribution is -2.22. The van der Waals surface area contributed by atoms with Gasteiger partial charge in [-0.2, -0.15) is 0 Å². The van der Waals surface area contributed by atoms with Gasteiger partial charge in [-0.25, -0.2) is 4.39 Å². The van der Waals surface area contributed by atoms with Crippen LogP contribution in [0.4, 0.5) is 4.39 Å². The molecule has 1 aromatic rings. The monoisotopic (exact) mass is 249 g/mol. The second-order valence-electron chi connectivity index (χ2n) is 5.85. The van der Waals surface area contributed by atoms with Crippen LogP contribution in [0.25, 0.3) is 0 Å². The van der Waals surface area contributed by atoms with Gasteiger partial charge in [0.25, 0.3) is 0 Å². The molecular formula is C15H20FNO. The molecule has 1 N–H and O–H groups in total.